The van der Waals surface area contributed by atoms with Crippen molar-refractivity contribution in [2.45, 2.75) is 6.54 Å². The lowest BCUT2D eigenvalue weighted by atomic mass is 10.4. The van der Waals surface area contributed by atoms with Gasteiger partial charge < -0.3 is 11.1 Å². The number of aromatic nitrogens is 2. The molecule has 0 saturated heterocycles. The van der Waals surface area contributed by atoms with E-state index in [4.69, 9.17) is 5.73 Å². The summed E-state index contributed by atoms with van der Waals surface area (Å²) in [6.07, 6.45) is 3.01. The quantitative estimate of drug-likeness (QED) is 0.751. The summed E-state index contributed by atoms with van der Waals surface area (Å²) in [5, 5.41) is 6.59. The van der Waals surface area contributed by atoms with Crippen LogP contribution in [0.25, 0.3) is 0 Å². The number of rotatable bonds is 5. The number of anilines is 1. The molecule has 0 saturated carbocycles. The van der Waals surface area contributed by atoms with Gasteiger partial charge in [0.25, 0.3) is 5.56 Å². The minimum Gasteiger partial charge on any atom is -0.374 e. The molecule has 1 aromatic rings. The van der Waals surface area contributed by atoms with Gasteiger partial charge in [0.1, 0.15) is 4.47 Å². The van der Waals surface area contributed by atoms with Crippen molar-refractivity contribution in [3.05, 3.63) is 33.7 Å². The maximum atomic E-state index is 11.7. The summed E-state index contributed by atoms with van der Waals surface area (Å²) in [6.45, 7) is 3.79. The molecular formula is C9H11BrN4O2. The first-order chi connectivity index (χ1) is 7.56. The van der Waals surface area contributed by atoms with Gasteiger partial charge in [-0.2, -0.15) is 5.10 Å². The van der Waals surface area contributed by atoms with Crippen LogP contribution in [-0.4, -0.2) is 22.2 Å². The molecule has 7 heteroatoms. The Morgan fingerprint density at radius 2 is 2.44 bits per heavy atom. The molecule has 0 atom stereocenters. The minimum atomic E-state index is -0.512. The monoisotopic (exact) mass is 286 g/mol. The number of nitrogens with zero attached hydrogens (tertiary/aromatic N) is 2. The van der Waals surface area contributed by atoms with Crippen LogP contribution in [0.5, 0.6) is 0 Å². The van der Waals surface area contributed by atoms with Gasteiger partial charge in [0.2, 0.25) is 5.91 Å². The van der Waals surface area contributed by atoms with Gasteiger partial charge >= 0.3 is 0 Å². The van der Waals surface area contributed by atoms with E-state index in [1.807, 2.05) is 0 Å². The van der Waals surface area contributed by atoms with Crippen LogP contribution in [0.2, 0.25) is 0 Å². The average Bonchev–Trinajstić information content (AvgIpc) is 2.24. The van der Waals surface area contributed by atoms with Crippen LogP contribution < -0.4 is 16.6 Å². The van der Waals surface area contributed by atoms with E-state index in [2.05, 4.69) is 32.9 Å². The van der Waals surface area contributed by atoms with Crippen LogP contribution in [0.3, 0.4) is 0 Å². The van der Waals surface area contributed by atoms with Crippen LogP contribution >= 0.6 is 15.9 Å². The summed E-state index contributed by atoms with van der Waals surface area (Å²) in [4.78, 5) is 22.2. The van der Waals surface area contributed by atoms with E-state index in [0.717, 1.165) is 0 Å². The van der Waals surface area contributed by atoms with Crippen LogP contribution in [0.15, 0.2) is 28.1 Å². The zero-order chi connectivity index (χ0) is 12.1. The molecule has 1 rings (SSSR count). The first-order valence-electron chi connectivity index (χ1n) is 4.45. The summed E-state index contributed by atoms with van der Waals surface area (Å²) < 4.78 is 1.55. The number of carbonyl (C=O) groups is 1. The zero-order valence-electron chi connectivity index (χ0n) is 8.44. The third kappa shape index (κ3) is 2.93. The molecule has 0 bridgehead atoms. The Balaban J connectivity index is 2.97. The van der Waals surface area contributed by atoms with Crippen LogP contribution in [0.1, 0.15) is 0 Å². The van der Waals surface area contributed by atoms with E-state index < -0.39 is 5.91 Å². The number of amides is 1. The molecule has 0 radical (unpaired) electrons. The van der Waals surface area contributed by atoms with E-state index in [1.54, 1.807) is 6.08 Å². The van der Waals surface area contributed by atoms with E-state index in [0.29, 0.717) is 16.7 Å². The maximum absolute atomic E-state index is 11.7. The molecule has 1 heterocycles. The third-order valence-corrected chi connectivity index (χ3v) is 2.51. The zero-order valence-corrected chi connectivity index (χ0v) is 10.0. The fraction of sp³-hybridized carbons (Fsp3) is 0.222. The number of nitrogens with two attached hydrogens (primary N) is 1. The Hall–Kier alpha value is -1.63. The first kappa shape index (κ1) is 12.4. The van der Waals surface area contributed by atoms with Gasteiger partial charge in [-0.3, -0.25) is 9.59 Å². The lowest BCUT2D eigenvalue weighted by Crippen LogP contribution is -2.26. The summed E-state index contributed by atoms with van der Waals surface area (Å²) in [6, 6.07) is 0. The molecule has 1 amide bonds. The third-order valence-electron chi connectivity index (χ3n) is 1.74. The summed E-state index contributed by atoms with van der Waals surface area (Å²) in [7, 11) is 0. The van der Waals surface area contributed by atoms with Crippen molar-refractivity contribution in [1.29, 1.82) is 0 Å². The second-order valence-electron chi connectivity index (χ2n) is 2.97. The van der Waals surface area contributed by atoms with Crippen molar-refractivity contribution in [2.75, 3.05) is 11.9 Å². The topological polar surface area (TPSA) is 90.0 Å². The number of primary amides is 1. The average molecular weight is 287 g/mol. The molecule has 0 aliphatic carbocycles. The summed E-state index contributed by atoms with van der Waals surface area (Å²) >= 11 is 3.13. The molecule has 0 fully saturated rings. The lowest BCUT2D eigenvalue weighted by molar-refractivity contribution is -0.116. The van der Waals surface area contributed by atoms with Crippen molar-refractivity contribution < 1.29 is 4.79 Å². The maximum Gasteiger partial charge on any atom is 0.283 e. The number of hydrogen-bond acceptors (Lipinski definition) is 4. The Kier molecular flexibility index (Phi) is 4.24. The van der Waals surface area contributed by atoms with Gasteiger partial charge in [-0.25, -0.2) is 4.68 Å². The first-order valence-corrected chi connectivity index (χ1v) is 5.24. The predicted octanol–water partition coefficient (Wildman–Crippen LogP) is 0.0890. The Morgan fingerprint density at radius 1 is 1.75 bits per heavy atom. The Labute approximate surface area is 100 Å². The second-order valence-corrected chi connectivity index (χ2v) is 3.76. The van der Waals surface area contributed by atoms with Gasteiger partial charge in [-0.05, 0) is 15.9 Å². The van der Waals surface area contributed by atoms with Gasteiger partial charge in [0.15, 0.2) is 0 Å². The number of nitrogens with one attached hydrogen (secondary N) is 1. The molecule has 86 valence electrons. The number of halogens is 1. The molecule has 0 aliphatic rings. The van der Waals surface area contributed by atoms with Gasteiger partial charge in [0, 0.05) is 0 Å². The van der Waals surface area contributed by atoms with Crippen molar-refractivity contribution >= 4 is 27.5 Å². The lowest BCUT2D eigenvalue weighted by Gasteiger charge is -2.07. The van der Waals surface area contributed by atoms with Crippen LogP contribution in [0.4, 0.5) is 5.69 Å². The standard InChI is InChI=1S/C9H11BrN4O2/c1-2-3-14-9(16)8(10)6(4-13-14)12-5-7(11)15/h2,4,12H,1,3,5H2,(H2,11,15). The van der Waals surface area contributed by atoms with E-state index >= 15 is 0 Å². The molecule has 1 aromatic heterocycles. The van der Waals surface area contributed by atoms with Crippen LogP contribution in [-0.2, 0) is 11.3 Å². The summed E-state index contributed by atoms with van der Waals surface area (Å²) in [5.74, 6) is -0.512. The highest BCUT2D eigenvalue weighted by Crippen LogP contribution is 2.15. The summed E-state index contributed by atoms with van der Waals surface area (Å²) in [5.41, 5.74) is 5.11. The smallest absolute Gasteiger partial charge is 0.283 e. The molecule has 6 nitrogen and oxygen atoms in total. The largest absolute Gasteiger partial charge is 0.374 e. The normalized spacial score (nSPS) is 9.81. The number of carbonyl (C=O) groups excluding carboxylic acids is 1. The van der Waals surface area contributed by atoms with Gasteiger partial charge in [-0.15, -0.1) is 6.58 Å². The molecule has 0 unspecified atom stereocenters. The van der Waals surface area contributed by atoms with E-state index in [9.17, 15) is 9.59 Å². The van der Waals surface area contributed by atoms with Gasteiger partial charge in [-0.1, -0.05) is 6.08 Å². The molecule has 3 N–H and O–H groups in total. The van der Waals surface area contributed by atoms with Crippen LogP contribution in [0, 0.1) is 0 Å². The Morgan fingerprint density at radius 3 is 3.00 bits per heavy atom. The van der Waals surface area contributed by atoms with Crippen molar-refractivity contribution in [2.24, 2.45) is 5.73 Å². The number of allylic oxidation sites excluding steroid dienone is 1. The number of hydrogen-bond donors (Lipinski definition) is 2. The fourth-order valence-corrected chi connectivity index (χ4v) is 1.47. The van der Waals surface area contributed by atoms with Crippen molar-refractivity contribution in [3.63, 3.8) is 0 Å². The van der Waals surface area contributed by atoms with Crippen molar-refractivity contribution in [1.82, 2.24) is 9.78 Å². The highest BCUT2D eigenvalue weighted by molar-refractivity contribution is 9.10. The minimum absolute atomic E-state index is 0.0504. The highest BCUT2D eigenvalue weighted by atomic mass is 79.9. The molecule has 16 heavy (non-hydrogen) atoms. The fourth-order valence-electron chi connectivity index (χ4n) is 1.02. The predicted molar refractivity (Wildman–Crippen MR) is 64.1 cm³/mol. The SMILES string of the molecule is C=CCn1ncc(NCC(N)=O)c(Br)c1=O. The van der Waals surface area contributed by atoms with Crippen molar-refractivity contribution in [3.8, 4) is 0 Å². The van der Waals surface area contributed by atoms with E-state index in [1.165, 1.54) is 10.9 Å². The molecule has 0 spiro atoms. The molecule has 0 aliphatic heterocycles. The van der Waals surface area contributed by atoms with E-state index in [-0.39, 0.29) is 12.1 Å². The highest BCUT2D eigenvalue weighted by Gasteiger charge is 2.08. The molecule has 0 aromatic carbocycles. The Bertz CT molecular complexity index is 469. The van der Waals surface area contributed by atoms with Gasteiger partial charge in [0.05, 0.1) is 25.0 Å². The second kappa shape index (κ2) is 5.45. The molecular weight excluding hydrogens is 276 g/mol.